The van der Waals surface area contributed by atoms with Crippen molar-refractivity contribution < 1.29 is 9.47 Å². The number of hydrogen-bond donors (Lipinski definition) is 1. The van der Waals surface area contributed by atoms with Gasteiger partial charge in [-0.15, -0.1) is 0 Å². The molecule has 20 heavy (non-hydrogen) atoms. The van der Waals surface area contributed by atoms with Crippen LogP contribution in [0.5, 0.6) is 5.75 Å². The maximum Gasteiger partial charge on any atom is 0.129 e. The number of nitrogens with two attached hydrogens (primary N) is 1. The number of para-hydroxylation sites is 1. The molecule has 1 aromatic carbocycles. The Morgan fingerprint density at radius 1 is 1.25 bits per heavy atom. The molecule has 1 aromatic rings. The fourth-order valence-electron chi connectivity index (χ4n) is 2.68. The molecule has 0 amide bonds. The van der Waals surface area contributed by atoms with Crippen LogP contribution in [0.1, 0.15) is 38.2 Å². The normalized spacial score (nSPS) is 22.4. The Morgan fingerprint density at radius 3 is 2.75 bits per heavy atom. The zero-order valence-corrected chi connectivity index (χ0v) is 12.8. The average Bonchev–Trinajstić information content (AvgIpc) is 2.45. The number of ether oxygens (including phenoxy) is 2. The summed E-state index contributed by atoms with van der Waals surface area (Å²) in [7, 11) is 0. The van der Waals surface area contributed by atoms with Gasteiger partial charge in [0.05, 0.1) is 18.3 Å². The summed E-state index contributed by atoms with van der Waals surface area (Å²) < 4.78 is 11.7. The molecule has 0 bridgehead atoms. The lowest BCUT2D eigenvalue weighted by atomic mass is 9.88. The van der Waals surface area contributed by atoms with Gasteiger partial charge in [0.1, 0.15) is 17.3 Å². The molecule has 2 atom stereocenters. The summed E-state index contributed by atoms with van der Waals surface area (Å²) in [6.07, 6.45) is 5.44. The van der Waals surface area contributed by atoms with E-state index in [0.717, 1.165) is 11.3 Å². The van der Waals surface area contributed by atoms with Crippen LogP contribution >= 0.6 is 12.2 Å². The highest BCUT2D eigenvalue weighted by molar-refractivity contribution is 7.80. The summed E-state index contributed by atoms with van der Waals surface area (Å²) in [5, 5.41) is 0. The molecule has 110 valence electrons. The molecule has 3 nitrogen and oxygen atoms in total. The van der Waals surface area contributed by atoms with Crippen LogP contribution in [0.4, 0.5) is 0 Å². The second kappa shape index (κ2) is 7.60. The number of hydrogen-bond acceptors (Lipinski definition) is 3. The minimum atomic E-state index is 0.363. The summed E-state index contributed by atoms with van der Waals surface area (Å²) in [6.45, 7) is 3.41. The molecule has 1 aliphatic carbocycles. The third kappa shape index (κ3) is 4.18. The van der Waals surface area contributed by atoms with Crippen molar-refractivity contribution in [2.24, 2.45) is 11.7 Å². The zero-order valence-electron chi connectivity index (χ0n) is 12.0. The smallest absolute Gasteiger partial charge is 0.129 e. The Balaban J connectivity index is 1.77. The van der Waals surface area contributed by atoms with Gasteiger partial charge in [-0.2, -0.15) is 0 Å². The van der Waals surface area contributed by atoms with Crippen molar-refractivity contribution in [3.05, 3.63) is 29.8 Å². The molecule has 2 unspecified atom stereocenters. The van der Waals surface area contributed by atoms with Crippen molar-refractivity contribution in [1.82, 2.24) is 0 Å². The highest BCUT2D eigenvalue weighted by Gasteiger charge is 2.21. The van der Waals surface area contributed by atoms with E-state index in [1.165, 1.54) is 25.7 Å². The van der Waals surface area contributed by atoms with Gasteiger partial charge in [-0.05, 0) is 30.9 Å². The number of rotatable bonds is 6. The van der Waals surface area contributed by atoms with Gasteiger partial charge in [-0.1, -0.05) is 44.1 Å². The Bertz CT molecular complexity index is 450. The van der Waals surface area contributed by atoms with Crippen LogP contribution in [0.2, 0.25) is 0 Å². The Morgan fingerprint density at radius 2 is 2.00 bits per heavy atom. The zero-order chi connectivity index (χ0) is 14.4. The summed E-state index contributed by atoms with van der Waals surface area (Å²) in [5.74, 6) is 1.40. The standard InChI is InChI=1S/C16H23NO2S/c1-12-6-2-4-8-14(12)18-10-11-19-15-9-5-3-7-13(15)16(17)20/h3,5,7,9,12,14H,2,4,6,8,10-11H2,1H3,(H2,17,20). The average molecular weight is 293 g/mol. The Labute approximate surface area is 126 Å². The van der Waals surface area contributed by atoms with Crippen molar-refractivity contribution in [3.8, 4) is 5.75 Å². The van der Waals surface area contributed by atoms with Crippen LogP contribution in [0, 0.1) is 5.92 Å². The second-order valence-electron chi connectivity index (χ2n) is 5.38. The summed E-state index contributed by atoms with van der Waals surface area (Å²) >= 11 is 5.01. The molecular weight excluding hydrogens is 270 g/mol. The van der Waals surface area contributed by atoms with E-state index in [9.17, 15) is 0 Å². The SMILES string of the molecule is CC1CCCCC1OCCOc1ccccc1C(N)=S. The molecule has 1 aliphatic rings. The number of benzene rings is 1. The summed E-state index contributed by atoms with van der Waals surface area (Å²) in [6, 6.07) is 7.59. The molecule has 1 saturated carbocycles. The molecule has 2 N–H and O–H groups in total. The van der Waals surface area contributed by atoms with Crippen LogP contribution in [0.25, 0.3) is 0 Å². The fourth-order valence-corrected chi connectivity index (χ4v) is 2.85. The van der Waals surface area contributed by atoms with Gasteiger partial charge in [-0.25, -0.2) is 0 Å². The molecule has 2 rings (SSSR count). The van der Waals surface area contributed by atoms with Crippen LogP contribution in [0.15, 0.2) is 24.3 Å². The maximum atomic E-state index is 5.93. The molecule has 0 aromatic heterocycles. The summed E-state index contributed by atoms with van der Waals surface area (Å²) in [5.41, 5.74) is 6.46. The van der Waals surface area contributed by atoms with Crippen LogP contribution < -0.4 is 10.5 Å². The Kier molecular flexibility index (Phi) is 5.80. The van der Waals surface area contributed by atoms with Crippen LogP contribution in [0.3, 0.4) is 0 Å². The molecule has 0 aliphatic heterocycles. The van der Waals surface area contributed by atoms with E-state index in [1.54, 1.807) is 0 Å². The minimum Gasteiger partial charge on any atom is -0.490 e. The first-order chi connectivity index (χ1) is 9.68. The van der Waals surface area contributed by atoms with Gasteiger partial charge in [0.25, 0.3) is 0 Å². The van der Waals surface area contributed by atoms with E-state index >= 15 is 0 Å². The van der Waals surface area contributed by atoms with E-state index in [4.69, 9.17) is 27.4 Å². The first-order valence-corrected chi connectivity index (χ1v) is 7.72. The van der Waals surface area contributed by atoms with E-state index in [-0.39, 0.29) is 0 Å². The van der Waals surface area contributed by atoms with Gasteiger partial charge in [0.2, 0.25) is 0 Å². The number of thiocarbonyl (C=S) groups is 1. The van der Waals surface area contributed by atoms with Crippen molar-refractivity contribution in [2.75, 3.05) is 13.2 Å². The topological polar surface area (TPSA) is 44.5 Å². The first-order valence-electron chi connectivity index (χ1n) is 7.31. The van der Waals surface area contributed by atoms with E-state index in [2.05, 4.69) is 6.92 Å². The maximum absolute atomic E-state index is 5.93. The monoisotopic (exact) mass is 293 g/mol. The lowest BCUT2D eigenvalue weighted by Gasteiger charge is -2.28. The second-order valence-corrected chi connectivity index (χ2v) is 5.82. The third-order valence-electron chi connectivity index (χ3n) is 3.86. The first kappa shape index (κ1) is 15.3. The molecule has 0 radical (unpaired) electrons. The predicted molar refractivity (Wildman–Crippen MR) is 85.2 cm³/mol. The molecule has 0 heterocycles. The molecule has 1 fully saturated rings. The summed E-state index contributed by atoms with van der Waals surface area (Å²) in [4.78, 5) is 0.363. The molecule has 0 saturated heterocycles. The van der Waals surface area contributed by atoms with Crippen molar-refractivity contribution in [2.45, 2.75) is 38.7 Å². The largest absolute Gasteiger partial charge is 0.490 e. The van der Waals surface area contributed by atoms with E-state index in [1.807, 2.05) is 24.3 Å². The molecule has 4 heteroatoms. The lowest BCUT2D eigenvalue weighted by Crippen LogP contribution is -2.27. The van der Waals surface area contributed by atoms with E-state index < -0.39 is 0 Å². The van der Waals surface area contributed by atoms with Gasteiger partial charge in [0.15, 0.2) is 0 Å². The fraction of sp³-hybridized carbons (Fsp3) is 0.562. The minimum absolute atomic E-state index is 0.363. The van der Waals surface area contributed by atoms with Crippen LogP contribution in [-0.4, -0.2) is 24.3 Å². The third-order valence-corrected chi connectivity index (χ3v) is 4.08. The molecular formula is C16H23NO2S. The highest BCUT2D eigenvalue weighted by atomic mass is 32.1. The van der Waals surface area contributed by atoms with E-state index in [0.29, 0.717) is 30.2 Å². The van der Waals surface area contributed by atoms with Crippen LogP contribution in [-0.2, 0) is 4.74 Å². The van der Waals surface area contributed by atoms with Crippen molar-refractivity contribution in [1.29, 1.82) is 0 Å². The molecule has 0 spiro atoms. The van der Waals surface area contributed by atoms with Gasteiger partial charge in [0, 0.05) is 0 Å². The van der Waals surface area contributed by atoms with Gasteiger partial charge >= 0.3 is 0 Å². The van der Waals surface area contributed by atoms with Gasteiger partial charge < -0.3 is 15.2 Å². The van der Waals surface area contributed by atoms with Gasteiger partial charge in [-0.3, -0.25) is 0 Å². The lowest BCUT2D eigenvalue weighted by molar-refractivity contribution is -0.0166. The predicted octanol–water partition coefficient (Wildman–Crippen LogP) is 3.29. The van der Waals surface area contributed by atoms with Crippen molar-refractivity contribution in [3.63, 3.8) is 0 Å². The van der Waals surface area contributed by atoms with Crippen molar-refractivity contribution >= 4 is 17.2 Å². The highest BCUT2D eigenvalue weighted by Crippen LogP contribution is 2.26. The Hall–Kier alpha value is -1.13. The quantitative estimate of drug-likeness (QED) is 0.645.